The van der Waals surface area contributed by atoms with Crippen LogP contribution in [0.3, 0.4) is 0 Å². The van der Waals surface area contributed by atoms with Gasteiger partial charge in [-0.1, -0.05) is 36.7 Å². The summed E-state index contributed by atoms with van der Waals surface area (Å²) in [5.41, 5.74) is 0.339. The lowest BCUT2D eigenvalue weighted by molar-refractivity contribution is -0.116. The zero-order valence-corrected chi connectivity index (χ0v) is 19.9. The Labute approximate surface area is 198 Å². The fourth-order valence-corrected chi connectivity index (χ4v) is 4.62. The smallest absolute Gasteiger partial charge is 0.243 e. The Morgan fingerprint density at radius 1 is 0.970 bits per heavy atom. The molecule has 1 N–H and O–H groups in total. The van der Waals surface area contributed by atoms with Crippen molar-refractivity contribution in [3.63, 3.8) is 0 Å². The van der Waals surface area contributed by atoms with Crippen LogP contribution in [0.5, 0.6) is 17.2 Å². The van der Waals surface area contributed by atoms with Gasteiger partial charge in [-0.3, -0.25) is 4.79 Å². The number of benzene rings is 3. The van der Waals surface area contributed by atoms with E-state index in [1.165, 1.54) is 12.1 Å². The first kappa shape index (κ1) is 24.6. The van der Waals surface area contributed by atoms with Crippen molar-refractivity contribution in [2.45, 2.75) is 18.7 Å². The molecule has 0 radical (unpaired) electrons. The molecule has 33 heavy (non-hydrogen) atoms. The summed E-state index contributed by atoms with van der Waals surface area (Å²) in [6.45, 7) is 3.74. The van der Waals surface area contributed by atoms with Crippen molar-refractivity contribution >= 4 is 33.2 Å². The number of carbonyl (C=O) groups excluding carboxylic acids is 1. The molecule has 9 heteroatoms. The van der Waals surface area contributed by atoms with Crippen molar-refractivity contribution in [2.24, 2.45) is 0 Å². The van der Waals surface area contributed by atoms with E-state index in [9.17, 15) is 13.2 Å². The average Bonchev–Trinajstić information content (AvgIpc) is 2.80. The third-order valence-electron chi connectivity index (χ3n) is 4.63. The number of likely N-dealkylation sites (N-methyl/N-ethyl adjacent to an activating group) is 1. The van der Waals surface area contributed by atoms with Crippen molar-refractivity contribution < 1.29 is 22.7 Å². The molecule has 0 aliphatic rings. The molecule has 0 bridgehead atoms. The first-order valence-electron chi connectivity index (χ1n) is 10.4. The van der Waals surface area contributed by atoms with Gasteiger partial charge >= 0.3 is 0 Å². The molecule has 3 aromatic carbocycles. The maximum Gasteiger partial charge on any atom is 0.243 e. The average molecular weight is 489 g/mol. The highest BCUT2D eigenvalue weighted by Crippen LogP contribution is 2.32. The third-order valence-corrected chi connectivity index (χ3v) is 6.80. The lowest BCUT2D eigenvalue weighted by Gasteiger charge is -2.21. The Balaban J connectivity index is 1.75. The molecule has 0 heterocycles. The van der Waals surface area contributed by atoms with E-state index in [4.69, 9.17) is 21.1 Å². The first-order chi connectivity index (χ1) is 15.8. The van der Waals surface area contributed by atoms with E-state index in [0.29, 0.717) is 34.6 Å². The number of hydrogen-bond donors (Lipinski definition) is 1. The van der Waals surface area contributed by atoms with Crippen LogP contribution < -0.4 is 14.8 Å². The molecule has 0 saturated carbocycles. The summed E-state index contributed by atoms with van der Waals surface area (Å²) in [7, 11) is -3.88. The molecule has 0 saturated heterocycles. The van der Waals surface area contributed by atoms with Gasteiger partial charge in [-0.25, -0.2) is 8.42 Å². The summed E-state index contributed by atoms with van der Waals surface area (Å²) in [6.07, 6.45) is 0. The molecule has 0 aliphatic carbocycles. The van der Waals surface area contributed by atoms with E-state index in [2.05, 4.69) is 5.32 Å². The summed E-state index contributed by atoms with van der Waals surface area (Å²) in [5, 5.41) is 3.11. The molecule has 0 spiro atoms. The molecule has 1 amide bonds. The highest BCUT2D eigenvalue weighted by Gasteiger charge is 2.25. The number of halogens is 1. The number of hydrogen-bond acceptors (Lipinski definition) is 5. The molecule has 174 valence electrons. The minimum Gasteiger partial charge on any atom is -0.494 e. The van der Waals surface area contributed by atoms with Crippen LogP contribution in [-0.2, 0) is 14.8 Å². The first-order valence-corrected chi connectivity index (χ1v) is 12.2. The number of nitrogens with one attached hydrogen (secondary N) is 1. The predicted octanol–water partition coefficient (Wildman–Crippen LogP) is 5.18. The van der Waals surface area contributed by atoms with E-state index in [0.717, 1.165) is 4.31 Å². The van der Waals surface area contributed by atoms with Crippen molar-refractivity contribution in [1.29, 1.82) is 0 Å². The maximum absolute atomic E-state index is 13.0. The fraction of sp³-hybridized carbons (Fsp3) is 0.208. The lowest BCUT2D eigenvalue weighted by atomic mass is 10.2. The van der Waals surface area contributed by atoms with E-state index in [1.54, 1.807) is 49.4 Å². The van der Waals surface area contributed by atoms with Gasteiger partial charge in [0.15, 0.2) is 5.75 Å². The van der Waals surface area contributed by atoms with Gasteiger partial charge in [-0.15, -0.1) is 0 Å². The second kappa shape index (κ2) is 11.2. The van der Waals surface area contributed by atoms with Gasteiger partial charge in [0.25, 0.3) is 0 Å². The highest BCUT2D eigenvalue weighted by atomic mass is 35.5. The van der Waals surface area contributed by atoms with E-state index < -0.39 is 15.9 Å². The van der Waals surface area contributed by atoms with Crippen LogP contribution in [0.15, 0.2) is 77.7 Å². The predicted molar refractivity (Wildman–Crippen MR) is 129 cm³/mol. The molecular weight excluding hydrogens is 464 g/mol. The van der Waals surface area contributed by atoms with Crippen molar-refractivity contribution in [1.82, 2.24) is 4.31 Å². The number of nitrogens with zero attached hydrogens (tertiary/aromatic N) is 1. The van der Waals surface area contributed by atoms with Crippen LogP contribution >= 0.6 is 11.6 Å². The van der Waals surface area contributed by atoms with Crippen molar-refractivity contribution in [2.75, 3.05) is 25.0 Å². The molecular formula is C24H25ClN2O5S. The minimum absolute atomic E-state index is 0.0801. The van der Waals surface area contributed by atoms with Gasteiger partial charge in [0.05, 0.1) is 23.7 Å². The number of rotatable bonds is 10. The fourth-order valence-electron chi connectivity index (χ4n) is 3.04. The molecule has 0 aromatic heterocycles. The number of ether oxygens (including phenoxy) is 2. The van der Waals surface area contributed by atoms with Crippen LogP contribution in [0.2, 0.25) is 5.02 Å². The Kier molecular flexibility index (Phi) is 8.32. The van der Waals surface area contributed by atoms with Gasteiger partial charge < -0.3 is 14.8 Å². The second-order valence-electron chi connectivity index (χ2n) is 6.94. The quantitative estimate of drug-likeness (QED) is 0.425. The van der Waals surface area contributed by atoms with E-state index in [1.807, 2.05) is 25.1 Å². The number of anilines is 1. The molecule has 0 fully saturated rings. The normalized spacial score (nSPS) is 11.3. The molecule has 7 nitrogen and oxygen atoms in total. The third kappa shape index (κ3) is 6.47. The Bertz CT molecular complexity index is 1190. The van der Waals surface area contributed by atoms with Crippen LogP contribution in [0.25, 0.3) is 0 Å². The zero-order valence-electron chi connectivity index (χ0n) is 18.3. The van der Waals surface area contributed by atoms with Gasteiger partial charge in [0.1, 0.15) is 11.5 Å². The highest BCUT2D eigenvalue weighted by molar-refractivity contribution is 7.89. The summed E-state index contributed by atoms with van der Waals surface area (Å²) >= 11 is 6.10. The Morgan fingerprint density at radius 2 is 1.67 bits per heavy atom. The molecule has 0 unspecified atom stereocenters. The Morgan fingerprint density at radius 3 is 2.30 bits per heavy atom. The number of sulfonamides is 1. The zero-order chi connectivity index (χ0) is 23.8. The number of amides is 1. The van der Waals surface area contributed by atoms with Crippen molar-refractivity contribution in [3.8, 4) is 17.2 Å². The van der Waals surface area contributed by atoms with E-state index in [-0.39, 0.29) is 18.0 Å². The number of para-hydroxylation sites is 1. The summed E-state index contributed by atoms with van der Waals surface area (Å²) in [6, 6.07) is 20.0. The lowest BCUT2D eigenvalue weighted by Crippen LogP contribution is -2.37. The summed E-state index contributed by atoms with van der Waals surface area (Å²) in [5.74, 6) is 1.02. The second-order valence-corrected chi connectivity index (χ2v) is 9.31. The van der Waals surface area contributed by atoms with Crippen LogP contribution in [-0.4, -0.2) is 38.3 Å². The minimum atomic E-state index is -3.88. The molecule has 0 aliphatic heterocycles. The van der Waals surface area contributed by atoms with Gasteiger partial charge in [-0.05, 0) is 61.5 Å². The largest absolute Gasteiger partial charge is 0.494 e. The molecule has 0 atom stereocenters. The van der Waals surface area contributed by atoms with Crippen LogP contribution in [0.1, 0.15) is 13.8 Å². The monoisotopic (exact) mass is 488 g/mol. The molecule has 3 aromatic rings. The number of carbonyl (C=O) groups is 1. The topological polar surface area (TPSA) is 84.9 Å². The Hall–Kier alpha value is -3.07. The van der Waals surface area contributed by atoms with Crippen LogP contribution in [0, 0.1) is 0 Å². The van der Waals surface area contributed by atoms with Crippen LogP contribution in [0.4, 0.5) is 5.69 Å². The maximum atomic E-state index is 13.0. The standard InChI is InChI=1S/C24H25ClN2O5S/c1-3-27(33(29,30)21-13-11-19(12-14-21)31-4-2)17-24(28)26-22-16-18(25)10-15-23(22)32-20-8-6-5-7-9-20/h5-16H,3-4,17H2,1-2H3,(H,26,28). The summed E-state index contributed by atoms with van der Waals surface area (Å²) in [4.78, 5) is 12.9. The van der Waals surface area contributed by atoms with Gasteiger partial charge in [-0.2, -0.15) is 4.31 Å². The van der Waals surface area contributed by atoms with E-state index >= 15 is 0 Å². The van der Waals surface area contributed by atoms with Gasteiger partial charge in [0.2, 0.25) is 15.9 Å². The molecule has 3 rings (SSSR count). The summed E-state index contributed by atoms with van der Waals surface area (Å²) < 4.78 is 38.4. The SMILES string of the molecule is CCOc1ccc(S(=O)(=O)N(CC)CC(=O)Nc2cc(Cl)ccc2Oc2ccccc2)cc1. The van der Waals surface area contributed by atoms with Crippen molar-refractivity contribution in [3.05, 3.63) is 77.8 Å². The van der Waals surface area contributed by atoms with Gasteiger partial charge in [0, 0.05) is 11.6 Å².